The summed E-state index contributed by atoms with van der Waals surface area (Å²) < 4.78 is 1.65. The van der Waals surface area contributed by atoms with Gasteiger partial charge in [-0.05, 0) is 0 Å². The third kappa shape index (κ3) is 1.40. The van der Waals surface area contributed by atoms with E-state index in [-0.39, 0.29) is 0 Å². The second-order valence-electron chi connectivity index (χ2n) is 2.64. The average molecular weight is 191 g/mol. The van der Waals surface area contributed by atoms with Gasteiger partial charge in [0.1, 0.15) is 0 Å². The number of allylic oxidation sites excluding steroid dienone is 4. The van der Waals surface area contributed by atoms with Crippen molar-refractivity contribution < 1.29 is 0 Å². The predicted molar refractivity (Wildman–Crippen MR) is 46.1 cm³/mol. The van der Waals surface area contributed by atoms with Gasteiger partial charge in [0.15, 0.2) is 0 Å². The summed E-state index contributed by atoms with van der Waals surface area (Å²) in [5.74, 6) is 0. The van der Waals surface area contributed by atoms with Crippen molar-refractivity contribution in [2.75, 3.05) is 0 Å². The number of rotatable bonds is 2. The Morgan fingerprint density at radius 2 is 2.10 bits per heavy atom. The van der Waals surface area contributed by atoms with Crippen molar-refractivity contribution in [2.24, 2.45) is 0 Å². The molecule has 0 fully saturated rings. The van der Waals surface area contributed by atoms with Crippen LogP contribution in [0.1, 0.15) is 33.1 Å². The molecule has 0 unspecified atom stereocenters. The van der Waals surface area contributed by atoms with E-state index in [1.165, 1.54) is 19.3 Å². The van der Waals surface area contributed by atoms with Gasteiger partial charge < -0.3 is 0 Å². The number of hydrogen-bond acceptors (Lipinski definition) is 0. The van der Waals surface area contributed by atoms with Gasteiger partial charge >= 0.3 is 73.1 Å². The monoisotopic (exact) mass is 190 g/mol. The Hall–Kier alpha value is 0.116. The van der Waals surface area contributed by atoms with Crippen molar-refractivity contribution >= 4 is 18.6 Å². The molecule has 2 radical (unpaired) electrons. The van der Waals surface area contributed by atoms with E-state index in [1.54, 1.807) is 33.9 Å². The zero-order chi connectivity index (χ0) is 7.56. The molecule has 0 heterocycles. The van der Waals surface area contributed by atoms with Crippen LogP contribution in [-0.4, -0.2) is 18.6 Å². The normalized spacial score (nSPS) is 18.0. The van der Waals surface area contributed by atoms with Crippen LogP contribution < -0.4 is 0 Å². The summed E-state index contributed by atoms with van der Waals surface area (Å²) in [6, 6.07) is 0. The van der Waals surface area contributed by atoms with Gasteiger partial charge in [-0.1, -0.05) is 0 Å². The first kappa shape index (κ1) is 8.22. The molecule has 52 valence electrons. The van der Waals surface area contributed by atoms with Crippen LogP contribution in [0.25, 0.3) is 0 Å². The zero-order valence-electron chi connectivity index (χ0n) is 6.78. The standard InChI is InChI=1S/C9H13.Ga/c1-3-8-6-5-7-9(8)4-2;/h6H,3-5H2,1-2H3;. The Labute approximate surface area is 73.3 Å². The molecule has 0 amide bonds. The average Bonchev–Trinajstić information content (AvgIpc) is 2.30. The van der Waals surface area contributed by atoms with Crippen molar-refractivity contribution in [3.8, 4) is 0 Å². The molecule has 0 N–H and O–H groups in total. The molecule has 0 spiro atoms. The third-order valence-electron chi connectivity index (χ3n) is 2.08. The van der Waals surface area contributed by atoms with Crippen LogP contribution in [0.4, 0.5) is 0 Å². The number of hydrogen-bond donors (Lipinski definition) is 0. The fourth-order valence-corrected chi connectivity index (χ4v) is 2.56. The molecule has 1 aliphatic rings. The fourth-order valence-electron chi connectivity index (χ4n) is 1.50. The topological polar surface area (TPSA) is 0 Å². The first-order chi connectivity index (χ1) is 4.79. The molecular weight excluding hydrogens is 178 g/mol. The summed E-state index contributed by atoms with van der Waals surface area (Å²) >= 11 is 1.81. The molecule has 0 saturated carbocycles. The van der Waals surface area contributed by atoms with Gasteiger partial charge in [0, 0.05) is 0 Å². The first-order valence-corrected chi connectivity index (χ1v) is 5.17. The first-order valence-electron chi connectivity index (χ1n) is 3.96. The van der Waals surface area contributed by atoms with Crippen LogP contribution in [0.2, 0.25) is 0 Å². The van der Waals surface area contributed by atoms with E-state index in [2.05, 4.69) is 19.9 Å². The quantitative estimate of drug-likeness (QED) is 0.588. The molecular formula is C9H13Ga. The molecule has 0 aromatic carbocycles. The van der Waals surface area contributed by atoms with Gasteiger partial charge in [-0.2, -0.15) is 0 Å². The maximum atomic E-state index is 2.38. The van der Waals surface area contributed by atoms with Gasteiger partial charge in [0.25, 0.3) is 0 Å². The van der Waals surface area contributed by atoms with Crippen LogP contribution in [0.5, 0.6) is 0 Å². The Kier molecular flexibility index (Phi) is 2.87. The minimum atomic E-state index is 1.22. The van der Waals surface area contributed by atoms with Crippen LogP contribution in [0, 0.1) is 0 Å². The van der Waals surface area contributed by atoms with Crippen molar-refractivity contribution in [2.45, 2.75) is 33.1 Å². The summed E-state index contributed by atoms with van der Waals surface area (Å²) in [6.45, 7) is 4.50. The van der Waals surface area contributed by atoms with Crippen molar-refractivity contribution in [1.82, 2.24) is 0 Å². The Morgan fingerprint density at radius 1 is 1.40 bits per heavy atom. The second kappa shape index (κ2) is 3.49. The molecule has 0 aromatic heterocycles. The molecule has 0 aromatic rings. The minimum absolute atomic E-state index is 1.22. The molecule has 1 rings (SSSR count). The van der Waals surface area contributed by atoms with Gasteiger partial charge in [-0.25, -0.2) is 0 Å². The summed E-state index contributed by atoms with van der Waals surface area (Å²) in [4.78, 5) is 0. The van der Waals surface area contributed by atoms with Gasteiger partial charge in [0.05, 0.1) is 0 Å². The van der Waals surface area contributed by atoms with Crippen molar-refractivity contribution in [3.05, 3.63) is 21.3 Å². The maximum absolute atomic E-state index is 2.38. The van der Waals surface area contributed by atoms with E-state index >= 15 is 0 Å². The van der Waals surface area contributed by atoms with Gasteiger partial charge in [0.2, 0.25) is 0 Å². The van der Waals surface area contributed by atoms with Crippen molar-refractivity contribution in [1.29, 1.82) is 0 Å². The van der Waals surface area contributed by atoms with Crippen LogP contribution in [0.3, 0.4) is 0 Å². The predicted octanol–water partition coefficient (Wildman–Crippen LogP) is 2.56. The van der Waals surface area contributed by atoms with E-state index in [1.807, 2.05) is 0 Å². The van der Waals surface area contributed by atoms with E-state index in [4.69, 9.17) is 0 Å². The molecule has 10 heavy (non-hydrogen) atoms. The zero-order valence-corrected chi connectivity index (χ0v) is 9.20. The van der Waals surface area contributed by atoms with Crippen LogP contribution >= 0.6 is 0 Å². The van der Waals surface area contributed by atoms with Crippen LogP contribution in [-0.2, 0) is 0 Å². The molecule has 1 heteroatoms. The molecule has 0 nitrogen and oxygen atoms in total. The second-order valence-corrected chi connectivity index (χ2v) is 4.11. The van der Waals surface area contributed by atoms with E-state index in [0.29, 0.717) is 0 Å². The summed E-state index contributed by atoms with van der Waals surface area (Å²) in [7, 11) is 0. The van der Waals surface area contributed by atoms with Crippen LogP contribution in [0.15, 0.2) is 21.3 Å². The molecule has 0 bridgehead atoms. The van der Waals surface area contributed by atoms with Crippen molar-refractivity contribution in [3.63, 3.8) is 0 Å². The van der Waals surface area contributed by atoms with E-state index in [0.717, 1.165) is 0 Å². The Balaban J connectivity index is 2.79. The van der Waals surface area contributed by atoms with E-state index < -0.39 is 0 Å². The SMILES string of the molecule is CCC1=CC[C]([Ga])=C1CC. The van der Waals surface area contributed by atoms with E-state index in [9.17, 15) is 0 Å². The molecule has 1 aliphatic carbocycles. The Bertz CT molecular complexity index is 187. The fraction of sp³-hybridized carbons (Fsp3) is 0.556. The molecule has 0 saturated heterocycles. The summed E-state index contributed by atoms with van der Waals surface area (Å²) in [5, 5.41) is 0. The Morgan fingerprint density at radius 3 is 2.50 bits per heavy atom. The van der Waals surface area contributed by atoms with Gasteiger partial charge in [-0.15, -0.1) is 0 Å². The summed E-state index contributed by atoms with van der Waals surface area (Å²) in [5.41, 5.74) is 3.24. The third-order valence-corrected chi connectivity index (χ3v) is 3.30. The van der Waals surface area contributed by atoms with Gasteiger partial charge in [-0.3, -0.25) is 0 Å². The molecule has 0 atom stereocenters. The summed E-state index contributed by atoms with van der Waals surface area (Å²) in [6.07, 6.45) is 6.06. The molecule has 0 aliphatic heterocycles.